The van der Waals surface area contributed by atoms with E-state index in [9.17, 15) is 9.18 Å². The molecule has 0 bridgehead atoms. The third kappa shape index (κ3) is 2.83. The summed E-state index contributed by atoms with van der Waals surface area (Å²) >= 11 is 0. The minimum Gasteiger partial charge on any atom is -0.367 e. The number of anilines is 1. The molecule has 0 aromatic heterocycles. The predicted molar refractivity (Wildman–Crippen MR) is 75.1 cm³/mol. The summed E-state index contributed by atoms with van der Waals surface area (Å²) in [4.78, 5) is 12.7. The molecule has 0 N–H and O–H groups in total. The smallest absolute Gasteiger partial charge is 0.152 e. The summed E-state index contributed by atoms with van der Waals surface area (Å²) in [7, 11) is 1.71. The first-order chi connectivity index (χ1) is 9.65. The molecule has 2 aromatic rings. The number of aldehydes is 1. The van der Waals surface area contributed by atoms with Crippen molar-refractivity contribution in [1.29, 1.82) is 5.26 Å². The molecule has 0 spiro atoms. The predicted octanol–water partition coefficient (Wildman–Crippen LogP) is 3.15. The maximum atomic E-state index is 13.9. The molecular weight excluding hydrogens is 255 g/mol. The molecule has 0 aliphatic heterocycles. The van der Waals surface area contributed by atoms with Gasteiger partial charge in [0.15, 0.2) is 6.29 Å². The van der Waals surface area contributed by atoms with Crippen molar-refractivity contribution in [3.05, 3.63) is 65.0 Å². The number of nitriles is 1. The van der Waals surface area contributed by atoms with E-state index in [4.69, 9.17) is 5.26 Å². The number of halogens is 1. The van der Waals surface area contributed by atoms with E-state index in [1.54, 1.807) is 36.2 Å². The van der Waals surface area contributed by atoms with Gasteiger partial charge in [0.1, 0.15) is 5.82 Å². The fraction of sp³-hybridized carbons (Fsp3) is 0.125. The van der Waals surface area contributed by atoms with Crippen LogP contribution in [-0.4, -0.2) is 13.3 Å². The minimum absolute atomic E-state index is 0.268. The van der Waals surface area contributed by atoms with Crippen molar-refractivity contribution in [3.63, 3.8) is 0 Å². The van der Waals surface area contributed by atoms with Gasteiger partial charge in [0.25, 0.3) is 0 Å². The van der Waals surface area contributed by atoms with Gasteiger partial charge >= 0.3 is 0 Å². The number of rotatable bonds is 4. The van der Waals surface area contributed by atoms with Gasteiger partial charge in [0.2, 0.25) is 0 Å². The zero-order chi connectivity index (χ0) is 14.5. The molecule has 0 atom stereocenters. The molecule has 2 aromatic carbocycles. The molecule has 0 aliphatic carbocycles. The van der Waals surface area contributed by atoms with Crippen LogP contribution in [0.5, 0.6) is 0 Å². The van der Waals surface area contributed by atoms with Crippen molar-refractivity contribution in [2.45, 2.75) is 6.54 Å². The Labute approximate surface area is 116 Å². The maximum absolute atomic E-state index is 13.9. The van der Waals surface area contributed by atoms with Crippen molar-refractivity contribution in [2.75, 3.05) is 11.9 Å². The summed E-state index contributed by atoms with van der Waals surface area (Å²) in [6.07, 6.45) is 0.639. The molecule has 2 rings (SSSR count). The Morgan fingerprint density at radius 1 is 1.30 bits per heavy atom. The first-order valence-corrected chi connectivity index (χ1v) is 6.09. The first-order valence-electron chi connectivity index (χ1n) is 6.09. The van der Waals surface area contributed by atoms with E-state index < -0.39 is 5.82 Å². The molecule has 4 heteroatoms. The van der Waals surface area contributed by atoms with Crippen LogP contribution < -0.4 is 4.90 Å². The van der Waals surface area contributed by atoms with Gasteiger partial charge in [0.05, 0.1) is 17.3 Å². The number of nitrogens with zero attached hydrogens (tertiary/aromatic N) is 2. The van der Waals surface area contributed by atoms with Crippen LogP contribution in [0.3, 0.4) is 0 Å². The van der Waals surface area contributed by atoms with Crippen molar-refractivity contribution in [3.8, 4) is 6.07 Å². The number of benzene rings is 2. The highest BCUT2D eigenvalue weighted by molar-refractivity contribution is 5.84. The van der Waals surface area contributed by atoms with Gasteiger partial charge in [-0.15, -0.1) is 0 Å². The van der Waals surface area contributed by atoms with Crippen molar-refractivity contribution < 1.29 is 9.18 Å². The topological polar surface area (TPSA) is 44.1 Å². The van der Waals surface area contributed by atoms with Crippen LogP contribution in [0.2, 0.25) is 0 Å². The molecule has 0 saturated carbocycles. The highest BCUT2D eigenvalue weighted by Crippen LogP contribution is 2.23. The van der Waals surface area contributed by atoms with Crippen LogP contribution in [0.25, 0.3) is 0 Å². The Kier molecular flexibility index (Phi) is 4.11. The molecule has 0 heterocycles. The average Bonchev–Trinajstić information content (AvgIpc) is 2.46. The Hall–Kier alpha value is -2.67. The Morgan fingerprint density at radius 3 is 2.75 bits per heavy atom. The summed E-state index contributed by atoms with van der Waals surface area (Å²) in [5.41, 5.74) is 2.01. The van der Waals surface area contributed by atoms with E-state index in [0.29, 0.717) is 24.0 Å². The largest absolute Gasteiger partial charge is 0.367 e. The van der Waals surface area contributed by atoms with Crippen molar-refractivity contribution in [2.24, 2.45) is 0 Å². The molecule has 0 amide bonds. The van der Waals surface area contributed by atoms with E-state index >= 15 is 0 Å². The van der Waals surface area contributed by atoms with Gasteiger partial charge in [-0.1, -0.05) is 18.2 Å². The second-order valence-corrected chi connectivity index (χ2v) is 4.46. The van der Waals surface area contributed by atoms with Crippen LogP contribution >= 0.6 is 0 Å². The Balaban J connectivity index is 2.30. The lowest BCUT2D eigenvalue weighted by Crippen LogP contribution is -2.19. The molecule has 0 aliphatic rings. The molecule has 0 radical (unpaired) electrons. The number of para-hydroxylation sites is 1. The summed E-state index contributed by atoms with van der Waals surface area (Å²) in [5, 5.41) is 8.87. The van der Waals surface area contributed by atoms with Crippen LogP contribution in [0, 0.1) is 17.1 Å². The van der Waals surface area contributed by atoms with Crippen LogP contribution in [0.1, 0.15) is 21.5 Å². The SMILES string of the molecule is CN(Cc1cccc(C#N)c1)c1c(F)cccc1C=O. The van der Waals surface area contributed by atoms with Crippen LogP contribution in [-0.2, 0) is 6.54 Å². The van der Waals surface area contributed by atoms with Crippen LogP contribution in [0.4, 0.5) is 10.1 Å². The molecule has 0 unspecified atom stereocenters. The highest BCUT2D eigenvalue weighted by Gasteiger charge is 2.13. The zero-order valence-corrected chi connectivity index (χ0v) is 11.0. The monoisotopic (exact) mass is 268 g/mol. The molecule has 0 saturated heterocycles. The number of carbonyl (C=O) groups excluding carboxylic acids is 1. The number of carbonyl (C=O) groups is 1. The zero-order valence-electron chi connectivity index (χ0n) is 11.0. The summed E-state index contributed by atoms with van der Waals surface area (Å²) in [5.74, 6) is -0.437. The first kappa shape index (κ1) is 13.8. The van der Waals surface area contributed by atoms with Gasteiger partial charge in [-0.3, -0.25) is 4.79 Å². The van der Waals surface area contributed by atoms with Gasteiger partial charge in [-0.2, -0.15) is 5.26 Å². The fourth-order valence-electron chi connectivity index (χ4n) is 2.12. The molecule has 0 fully saturated rings. The average molecular weight is 268 g/mol. The number of hydrogen-bond acceptors (Lipinski definition) is 3. The second-order valence-electron chi connectivity index (χ2n) is 4.46. The van der Waals surface area contributed by atoms with E-state index in [2.05, 4.69) is 6.07 Å². The van der Waals surface area contributed by atoms with Crippen molar-refractivity contribution in [1.82, 2.24) is 0 Å². The molecule has 20 heavy (non-hydrogen) atoms. The third-order valence-corrected chi connectivity index (χ3v) is 3.00. The van der Waals surface area contributed by atoms with E-state index in [-0.39, 0.29) is 5.69 Å². The number of hydrogen-bond donors (Lipinski definition) is 0. The summed E-state index contributed by atoms with van der Waals surface area (Å²) in [6.45, 7) is 0.414. The minimum atomic E-state index is -0.437. The van der Waals surface area contributed by atoms with Gasteiger partial charge < -0.3 is 4.90 Å². The maximum Gasteiger partial charge on any atom is 0.152 e. The highest BCUT2D eigenvalue weighted by atomic mass is 19.1. The Morgan fingerprint density at radius 2 is 2.05 bits per heavy atom. The van der Waals surface area contributed by atoms with E-state index in [0.717, 1.165) is 5.56 Å². The summed E-state index contributed by atoms with van der Waals surface area (Å²) < 4.78 is 13.9. The standard InChI is InChI=1S/C16H13FN2O/c1-19(10-13-5-2-4-12(8-13)9-18)16-14(11-20)6-3-7-15(16)17/h2-8,11H,10H2,1H3. The van der Waals surface area contributed by atoms with E-state index in [1.807, 2.05) is 6.07 Å². The molecule has 3 nitrogen and oxygen atoms in total. The lowest BCUT2D eigenvalue weighted by molar-refractivity contribution is 0.112. The molecule has 100 valence electrons. The van der Waals surface area contributed by atoms with Crippen LogP contribution in [0.15, 0.2) is 42.5 Å². The lowest BCUT2D eigenvalue weighted by Gasteiger charge is -2.21. The normalized spacial score (nSPS) is 9.85. The fourth-order valence-corrected chi connectivity index (χ4v) is 2.12. The van der Waals surface area contributed by atoms with Gasteiger partial charge in [-0.05, 0) is 29.8 Å². The van der Waals surface area contributed by atoms with Crippen molar-refractivity contribution >= 4 is 12.0 Å². The van der Waals surface area contributed by atoms with E-state index in [1.165, 1.54) is 12.1 Å². The van der Waals surface area contributed by atoms with Gasteiger partial charge in [-0.25, -0.2) is 4.39 Å². The Bertz CT molecular complexity index is 676. The quantitative estimate of drug-likeness (QED) is 0.800. The second kappa shape index (κ2) is 5.98. The third-order valence-electron chi connectivity index (χ3n) is 3.00. The molecular formula is C16H13FN2O. The lowest BCUT2D eigenvalue weighted by atomic mass is 10.1. The van der Waals surface area contributed by atoms with Gasteiger partial charge in [0, 0.05) is 19.2 Å². The summed E-state index contributed by atoms with van der Waals surface area (Å²) in [6, 6.07) is 13.6.